The lowest BCUT2D eigenvalue weighted by Gasteiger charge is -2.11. The first-order valence-electron chi connectivity index (χ1n) is 7.39. The number of ketones is 1. The molecule has 2 nitrogen and oxygen atoms in total. The topological polar surface area (TPSA) is 22.0 Å². The van der Waals surface area contributed by atoms with Crippen LogP contribution in [-0.4, -0.2) is 10.4 Å². The summed E-state index contributed by atoms with van der Waals surface area (Å²) in [5.74, 6) is 0.790. The fourth-order valence-corrected chi connectivity index (χ4v) is 3.30. The number of fused-ring (bicyclic) bond motifs is 1. The van der Waals surface area contributed by atoms with Crippen LogP contribution in [0.25, 0.3) is 10.9 Å². The van der Waals surface area contributed by atoms with E-state index in [9.17, 15) is 4.79 Å². The SMILES string of the molecule is CCc1cccc2ccn(CCC3CCCC3=O)c12. The number of nitrogens with zero attached hydrogens (tertiary/aromatic N) is 1. The van der Waals surface area contributed by atoms with Gasteiger partial charge in [-0.3, -0.25) is 4.79 Å². The van der Waals surface area contributed by atoms with Crippen molar-refractivity contribution in [1.29, 1.82) is 0 Å². The first-order chi connectivity index (χ1) is 9.29. The zero-order chi connectivity index (χ0) is 13.2. The van der Waals surface area contributed by atoms with Crippen molar-refractivity contribution in [3.63, 3.8) is 0 Å². The van der Waals surface area contributed by atoms with Gasteiger partial charge in [-0.25, -0.2) is 0 Å². The van der Waals surface area contributed by atoms with Crippen LogP contribution in [0.5, 0.6) is 0 Å². The second-order valence-electron chi connectivity index (χ2n) is 5.56. The van der Waals surface area contributed by atoms with Gasteiger partial charge in [-0.2, -0.15) is 0 Å². The molecule has 1 aromatic carbocycles. The predicted octanol–water partition coefficient (Wildman–Crippen LogP) is 3.96. The molecule has 1 aliphatic rings. The van der Waals surface area contributed by atoms with Crippen LogP contribution < -0.4 is 0 Å². The van der Waals surface area contributed by atoms with E-state index in [0.717, 1.165) is 38.6 Å². The smallest absolute Gasteiger partial charge is 0.136 e. The number of hydrogen-bond acceptors (Lipinski definition) is 1. The molecule has 1 unspecified atom stereocenters. The quantitative estimate of drug-likeness (QED) is 0.810. The molecule has 1 saturated carbocycles. The van der Waals surface area contributed by atoms with E-state index in [1.807, 2.05) is 0 Å². The van der Waals surface area contributed by atoms with Gasteiger partial charge in [-0.05, 0) is 42.7 Å². The van der Waals surface area contributed by atoms with Gasteiger partial charge in [0.1, 0.15) is 5.78 Å². The molecule has 0 N–H and O–H groups in total. The normalized spacial score (nSPS) is 19.4. The first kappa shape index (κ1) is 12.5. The summed E-state index contributed by atoms with van der Waals surface area (Å²) >= 11 is 0. The van der Waals surface area contributed by atoms with E-state index >= 15 is 0 Å². The second-order valence-corrected chi connectivity index (χ2v) is 5.56. The van der Waals surface area contributed by atoms with E-state index in [0.29, 0.717) is 11.7 Å². The number of aryl methyl sites for hydroxylation is 2. The predicted molar refractivity (Wildman–Crippen MR) is 78.3 cm³/mol. The lowest BCUT2D eigenvalue weighted by atomic mass is 10.0. The molecule has 1 aliphatic carbocycles. The summed E-state index contributed by atoms with van der Waals surface area (Å²) in [7, 11) is 0. The van der Waals surface area contributed by atoms with Gasteiger partial charge in [0, 0.05) is 25.1 Å². The molecule has 2 heteroatoms. The maximum absolute atomic E-state index is 11.7. The van der Waals surface area contributed by atoms with E-state index in [1.165, 1.54) is 16.5 Å². The lowest BCUT2D eigenvalue weighted by molar-refractivity contribution is -0.120. The molecule has 0 radical (unpaired) electrons. The Bertz CT molecular complexity index is 596. The van der Waals surface area contributed by atoms with Crippen molar-refractivity contribution in [2.24, 2.45) is 5.92 Å². The Hall–Kier alpha value is -1.57. The highest BCUT2D eigenvalue weighted by molar-refractivity contribution is 5.84. The zero-order valence-corrected chi connectivity index (χ0v) is 11.6. The number of para-hydroxylation sites is 1. The zero-order valence-electron chi connectivity index (χ0n) is 11.6. The third-order valence-corrected chi connectivity index (χ3v) is 4.40. The van der Waals surface area contributed by atoms with Crippen LogP contribution in [0.15, 0.2) is 30.5 Å². The van der Waals surface area contributed by atoms with Crippen LogP contribution in [0.1, 0.15) is 38.2 Å². The third-order valence-electron chi connectivity index (χ3n) is 4.40. The highest BCUT2D eigenvalue weighted by Gasteiger charge is 2.23. The van der Waals surface area contributed by atoms with E-state index < -0.39 is 0 Å². The molecule has 1 atom stereocenters. The molecule has 1 fully saturated rings. The average Bonchev–Trinajstić information content (AvgIpc) is 3.02. The Morgan fingerprint density at radius 1 is 1.32 bits per heavy atom. The highest BCUT2D eigenvalue weighted by Crippen LogP contribution is 2.27. The van der Waals surface area contributed by atoms with Gasteiger partial charge in [-0.1, -0.05) is 25.1 Å². The molecule has 0 amide bonds. The molecule has 100 valence electrons. The van der Waals surface area contributed by atoms with Crippen molar-refractivity contribution in [3.05, 3.63) is 36.0 Å². The Morgan fingerprint density at radius 3 is 2.95 bits per heavy atom. The van der Waals surface area contributed by atoms with E-state index in [4.69, 9.17) is 0 Å². The largest absolute Gasteiger partial charge is 0.347 e. The van der Waals surface area contributed by atoms with Crippen molar-refractivity contribution < 1.29 is 4.79 Å². The van der Waals surface area contributed by atoms with Gasteiger partial charge in [0.2, 0.25) is 0 Å². The Morgan fingerprint density at radius 2 is 2.21 bits per heavy atom. The molecule has 2 aromatic rings. The van der Waals surface area contributed by atoms with E-state index in [-0.39, 0.29) is 0 Å². The van der Waals surface area contributed by atoms with Gasteiger partial charge in [0.05, 0.1) is 5.52 Å². The van der Waals surface area contributed by atoms with Gasteiger partial charge >= 0.3 is 0 Å². The molecule has 0 spiro atoms. The van der Waals surface area contributed by atoms with Gasteiger partial charge in [0.25, 0.3) is 0 Å². The Balaban J connectivity index is 1.83. The minimum Gasteiger partial charge on any atom is -0.347 e. The van der Waals surface area contributed by atoms with E-state index in [2.05, 4.69) is 42.0 Å². The minimum atomic E-state index is 0.311. The Labute approximate surface area is 114 Å². The molecule has 19 heavy (non-hydrogen) atoms. The number of aromatic nitrogens is 1. The maximum Gasteiger partial charge on any atom is 0.136 e. The highest BCUT2D eigenvalue weighted by atomic mass is 16.1. The molecule has 1 heterocycles. The molecule has 3 rings (SSSR count). The monoisotopic (exact) mass is 255 g/mol. The summed E-state index contributed by atoms with van der Waals surface area (Å²) < 4.78 is 2.33. The summed E-state index contributed by atoms with van der Waals surface area (Å²) in [6.07, 6.45) is 7.22. The fourth-order valence-electron chi connectivity index (χ4n) is 3.30. The standard InChI is InChI=1S/C17H21NO/c1-2-13-5-3-7-15-10-12-18(17(13)15)11-9-14-6-4-8-16(14)19/h3,5,7,10,12,14H,2,4,6,8-9,11H2,1H3. The molecular weight excluding hydrogens is 234 g/mol. The van der Waals surface area contributed by atoms with Gasteiger partial charge < -0.3 is 4.57 Å². The molecule has 1 aromatic heterocycles. The summed E-state index contributed by atoms with van der Waals surface area (Å²) in [4.78, 5) is 11.7. The molecule has 0 bridgehead atoms. The molecule has 0 aliphatic heterocycles. The first-order valence-corrected chi connectivity index (χ1v) is 7.39. The molecule has 0 saturated heterocycles. The van der Waals surface area contributed by atoms with Crippen molar-refractivity contribution in [1.82, 2.24) is 4.57 Å². The summed E-state index contributed by atoms with van der Waals surface area (Å²) in [5.41, 5.74) is 2.76. The number of hydrogen-bond donors (Lipinski definition) is 0. The number of rotatable bonds is 4. The van der Waals surface area contributed by atoms with Crippen molar-refractivity contribution in [3.8, 4) is 0 Å². The van der Waals surface area contributed by atoms with Gasteiger partial charge in [0.15, 0.2) is 0 Å². The summed E-state index contributed by atoms with van der Waals surface area (Å²) in [6, 6.07) is 8.70. The van der Waals surface area contributed by atoms with Crippen LogP contribution in [0.4, 0.5) is 0 Å². The fraction of sp³-hybridized carbons (Fsp3) is 0.471. The lowest BCUT2D eigenvalue weighted by Crippen LogP contribution is -2.10. The van der Waals surface area contributed by atoms with Gasteiger partial charge in [-0.15, -0.1) is 0 Å². The molecular formula is C17H21NO. The van der Waals surface area contributed by atoms with Crippen LogP contribution >= 0.6 is 0 Å². The number of benzene rings is 1. The van der Waals surface area contributed by atoms with Crippen LogP contribution in [0.2, 0.25) is 0 Å². The second kappa shape index (κ2) is 5.20. The van der Waals surface area contributed by atoms with Crippen molar-refractivity contribution in [2.45, 2.75) is 45.6 Å². The Kier molecular flexibility index (Phi) is 3.41. The van der Waals surface area contributed by atoms with Crippen molar-refractivity contribution >= 4 is 16.7 Å². The number of Topliss-reactive ketones (excluding diaryl/α,β-unsaturated/α-hetero) is 1. The maximum atomic E-state index is 11.7. The summed E-state index contributed by atoms with van der Waals surface area (Å²) in [6.45, 7) is 3.17. The van der Waals surface area contributed by atoms with Crippen LogP contribution in [0, 0.1) is 5.92 Å². The summed E-state index contributed by atoms with van der Waals surface area (Å²) in [5, 5.41) is 1.32. The number of carbonyl (C=O) groups is 1. The van der Waals surface area contributed by atoms with Crippen molar-refractivity contribution in [2.75, 3.05) is 0 Å². The third kappa shape index (κ3) is 2.32. The van der Waals surface area contributed by atoms with Crippen LogP contribution in [-0.2, 0) is 17.8 Å². The minimum absolute atomic E-state index is 0.311. The van der Waals surface area contributed by atoms with E-state index in [1.54, 1.807) is 0 Å². The number of carbonyl (C=O) groups excluding carboxylic acids is 1. The average molecular weight is 255 g/mol. The van der Waals surface area contributed by atoms with Crippen LogP contribution in [0.3, 0.4) is 0 Å².